The molecule has 0 spiro atoms. The van der Waals surface area contributed by atoms with Crippen LogP contribution < -0.4 is 16.0 Å². The molecule has 1 aromatic carbocycles. The Hall–Kier alpha value is -1.84. The Morgan fingerprint density at radius 1 is 1.32 bits per heavy atom. The minimum Gasteiger partial charge on any atom is -0.374 e. The number of amides is 1. The highest BCUT2D eigenvalue weighted by Gasteiger charge is 2.22. The van der Waals surface area contributed by atoms with E-state index >= 15 is 0 Å². The molecule has 0 aliphatic carbocycles. The molecule has 0 radical (unpaired) electrons. The van der Waals surface area contributed by atoms with E-state index in [1.807, 2.05) is 24.3 Å². The summed E-state index contributed by atoms with van der Waals surface area (Å²) < 4.78 is 6.45. The average molecular weight is 380 g/mol. The Morgan fingerprint density at radius 3 is 2.60 bits per heavy atom. The first kappa shape index (κ1) is 18.0. The zero-order chi connectivity index (χ0) is 17.8. The highest BCUT2D eigenvalue weighted by Crippen LogP contribution is 2.24. The maximum atomic E-state index is 12.0. The second-order valence-electron chi connectivity index (χ2n) is 5.95. The molecule has 1 fully saturated rings. The molecular formula is C16H21N5O2S2. The van der Waals surface area contributed by atoms with E-state index in [0.717, 1.165) is 24.5 Å². The molecule has 1 aliphatic heterocycles. The van der Waals surface area contributed by atoms with Crippen molar-refractivity contribution in [1.82, 2.24) is 10.2 Å². The highest BCUT2D eigenvalue weighted by molar-refractivity contribution is 8.01. The van der Waals surface area contributed by atoms with Crippen molar-refractivity contribution in [2.45, 2.75) is 30.4 Å². The summed E-state index contributed by atoms with van der Waals surface area (Å²) in [7, 11) is 0. The summed E-state index contributed by atoms with van der Waals surface area (Å²) in [6.45, 7) is 5.91. The number of nitrogens with two attached hydrogens (primary N) is 1. The number of nitrogens with zero attached hydrogens (tertiary/aromatic N) is 3. The number of nitrogen functional groups attached to an aromatic ring is 1. The molecule has 0 saturated carbocycles. The van der Waals surface area contributed by atoms with Gasteiger partial charge < -0.3 is 20.7 Å². The summed E-state index contributed by atoms with van der Waals surface area (Å²) in [5, 5.41) is 10.9. The number of carbonyl (C=O) groups excluding carboxylic acids is 1. The lowest BCUT2D eigenvalue weighted by atomic mass is 10.2. The Balaban J connectivity index is 1.52. The Kier molecular flexibility index (Phi) is 5.77. The molecule has 0 unspecified atom stereocenters. The van der Waals surface area contributed by atoms with Crippen LogP contribution in [0, 0.1) is 0 Å². The zero-order valence-corrected chi connectivity index (χ0v) is 15.8. The van der Waals surface area contributed by atoms with Gasteiger partial charge in [0.2, 0.25) is 11.0 Å². The van der Waals surface area contributed by atoms with E-state index < -0.39 is 0 Å². The van der Waals surface area contributed by atoms with Crippen LogP contribution in [0.25, 0.3) is 0 Å². The molecule has 7 nitrogen and oxygen atoms in total. The van der Waals surface area contributed by atoms with Gasteiger partial charge in [0.25, 0.3) is 0 Å². The standard InChI is InChI=1S/C16H21N5O2S2/c1-10-7-21(8-11(2)23-10)13-5-3-12(4-6-13)18-14(22)9-24-16-20-19-15(17)25-16/h3-6,10-11H,7-9H2,1-2H3,(H2,17,19)(H,18,22)/t10-,11-/m1/s1. The fraction of sp³-hybridized carbons (Fsp3) is 0.438. The van der Waals surface area contributed by atoms with E-state index in [4.69, 9.17) is 10.5 Å². The van der Waals surface area contributed by atoms with Crippen LogP contribution in [0.3, 0.4) is 0 Å². The summed E-state index contributed by atoms with van der Waals surface area (Å²) in [6.07, 6.45) is 0.434. The largest absolute Gasteiger partial charge is 0.374 e. The van der Waals surface area contributed by atoms with Crippen LogP contribution in [-0.2, 0) is 9.53 Å². The fourth-order valence-electron chi connectivity index (χ4n) is 2.75. The lowest BCUT2D eigenvalue weighted by Gasteiger charge is -2.36. The van der Waals surface area contributed by atoms with Gasteiger partial charge in [-0.05, 0) is 38.1 Å². The minimum atomic E-state index is -0.0832. The fourth-order valence-corrected chi connectivity index (χ4v) is 4.18. The van der Waals surface area contributed by atoms with Gasteiger partial charge in [-0.1, -0.05) is 23.1 Å². The number of rotatable bonds is 5. The van der Waals surface area contributed by atoms with Crippen LogP contribution in [0.5, 0.6) is 0 Å². The molecule has 1 saturated heterocycles. The Labute approximate surface area is 154 Å². The molecule has 1 amide bonds. The number of carbonyl (C=O) groups is 1. The van der Waals surface area contributed by atoms with E-state index in [-0.39, 0.29) is 23.9 Å². The number of morpholine rings is 1. The maximum Gasteiger partial charge on any atom is 0.234 e. The number of anilines is 3. The SMILES string of the molecule is C[C@@H]1CN(c2ccc(NC(=O)CSc3nnc(N)s3)cc2)C[C@@H](C)O1. The summed E-state index contributed by atoms with van der Waals surface area (Å²) in [5.41, 5.74) is 7.44. The van der Waals surface area contributed by atoms with Crippen LogP contribution in [0.1, 0.15) is 13.8 Å². The van der Waals surface area contributed by atoms with Crippen molar-refractivity contribution >= 4 is 45.5 Å². The number of aromatic nitrogens is 2. The minimum absolute atomic E-state index is 0.0832. The number of hydrogen-bond acceptors (Lipinski definition) is 8. The lowest BCUT2D eigenvalue weighted by Crippen LogP contribution is -2.45. The van der Waals surface area contributed by atoms with Gasteiger partial charge in [-0.3, -0.25) is 4.79 Å². The van der Waals surface area contributed by atoms with Gasteiger partial charge in [0.05, 0.1) is 18.0 Å². The number of benzene rings is 1. The topological polar surface area (TPSA) is 93.4 Å². The molecule has 9 heteroatoms. The molecule has 25 heavy (non-hydrogen) atoms. The third kappa shape index (κ3) is 5.07. The van der Waals surface area contributed by atoms with Crippen molar-refractivity contribution in [3.05, 3.63) is 24.3 Å². The predicted octanol–water partition coefficient (Wildman–Crippen LogP) is 2.46. The molecule has 2 aromatic rings. The van der Waals surface area contributed by atoms with E-state index in [0.29, 0.717) is 9.47 Å². The van der Waals surface area contributed by atoms with Crippen molar-refractivity contribution < 1.29 is 9.53 Å². The van der Waals surface area contributed by atoms with E-state index in [1.165, 1.54) is 23.1 Å². The van der Waals surface area contributed by atoms with Crippen molar-refractivity contribution in [1.29, 1.82) is 0 Å². The Bertz CT molecular complexity index is 712. The van der Waals surface area contributed by atoms with Crippen molar-refractivity contribution in [2.75, 3.05) is 34.8 Å². The molecular weight excluding hydrogens is 358 g/mol. The molecule has 2 atom stereocenters. The average Bonchev–Trinajstić information content (AvgIpc) is 2.98. The monoisotopic (exact) mass is 379 g/mol. The molecule has 134 valence electrons. The van der Waals surface area contributed by atoms with E-state index in [9.17, 15) is 4.79 Å². The second-order valence-corrected chi connectivity index (χ2v) is 8.18. The van der Waals surface area contributed by atoms with Gasteiger partial charge in [0.1, 0.15) is 0 Å². The molecule has 3 rings (SSSR count). The number of hydrogen-bond donors (Lipinski definition) is 2. The van der Waals surface area contributed by atoms with Crippen LogP contribution in [0.4, 0.5) is 16.5 Å². The predicted molar refractivity (Wildman–Crippen MR) is 102 cm³/mol. The van der Waals surface area contributed by atoms with Crippen LogP contribution in [0.2, 0.25) is 0 Å². The van der Waals surface area contributed by atoms with E-state index in [2.05, 4.69) is 34.3 Å². The summed E-state index contributed by atoms with van der Waals surface area (Å²) in [6, 6.07) is 7.90. The molecule has 1 aromatic heterocycles. The first-order valence-corrected chi connectivity index (χ1v) is 9.82. The van der Waals surface area contributed by atoms with Crippen molar-refractivity contribution in [3.8, 4) is 0 Å². The highest BCUT2D eigenvalue weighted by atomic mass is 32.2. The normalized spacial score (nSPS) is 20.5. The lowest BCUT2D eigenvalue weighted by molar-refractivity contribution is -0.113. The third-order valence-electron chi connectivity index (χ3n) is 3.68. The molecule has 1 aliphatic rings. The molecule has 2 heterocycles. The molecule has 3 N–H and O–H groups in total. The van der Waals surface area contributed by atoms with Crippen LogP contribution in [-0.4, -0.2) is 47.2 Å². The number of nitrogens with one attached hydrogen (secondary N) is 1. The molecule has 0 bridgehead atoms. The number of thioether (sulfide) groups is 1. The van der Waals surface area contributed by atoms with Crippen LogP contribution >= 0.6 is 23.1 Å². The summed E-state index contributed by atoms with van der Waals surface area (Å²) >= 11 is 2.60. The van der Waals surface area contributed by atoms with E-state index in [1.54, 1.807) is 0 Å². The van der Waals surface area contributed by atoms with Crippen LogP contribution in [0.15, 0.2) is 28.6 Å². The van der Waals surface area contributed by atoms with Crippen molar-refractivity contribution in [2.24, 2.45) is 0 Å². The zero-order valence-electron chi connectivity index (χ0n) is 14.1. The first-order chi connectivity index (χ1) is 12.0. The quantitative estimate of drug-likeness (QED) is 0.771. The van der Waals surface area contributed by atoms with Gasteiger partial charge >= 0.3 is 0 Å². The van der Waals surface area contributed by atoms with Gasteiger partial charge in [0.15, 0.2) is 4.34 Å². The maximum absolute atomic E-state index is 12.0. The van der Waals surface area contributed by atoms with Crippen molar-refractivity contribution in [3.63, 3.8) is 0 Å². The van der Waals surface area contributed by atoms with Gasteiger partial charge in [0, 0.05) is 24.5 Å². The summed E-state index contributed by atoms with van der Waals surface area (Å²) in [5.74, 6) is 0.189. The first-order valence-electron chi connectivity index (χ1n) is 8.01. The third-order valence-corrected chi connectivity index (χ3v) is 5.57. The summed E-state index contributed by atoms with van der Waals surface area (Å²) in [4.78, 5) is 14.3. The number of ether oxygens (including phenoxy) is 1. The van der Waals surface area contributed by atoms with Gasteiger partial charge in [-0.25, -0.2) is 0 Å². The Morgan fingerprint density at radius 2 is 2.00 bits per heavy atom. The van der Waals surface area contributed by atoms with Gasteiger partial charge in [-0.15, -0.1) is 10.2 Å². The smallest absolute Gasteiger partial charge is 0.234 e. The van der Waals surface area contributed by atoms with Gasteiger partial charge in [-0.2, -0.15) is 0 Å². The second kappa shape index (κ2) is 8.03.